The van der Waals surface area contributed by atoms with Gasteiger partial charge in [0, 0.05) is 40.5 Å². The van der Waals surface area contributed by atoms with Crippen LogP contribution in [0, 0.1) is 0 Å². The molecule has 172 valence electrons. The minimum absolute atomic E-state index is 0.0175. The van der Waals surface area contributed by atoms with Crippen LogP contribution in [0.5, 0.6) is 0 Å². The van der Waals surface area contributed by atoms with Crippen molar-refractivity contribution in [1.29, 1.82) is 0 Å². The van der Waals surface area contributed by atoms with Crippen molar-refractivity contribution in [3.05, 3.63) is 65.5 Å². The predicted molar refractivity (Wildman–Crippen MR) is 124 cm³/mol. The fraction of sp³-hybridized carbons (Fsp3) is 0.292. The highest BCUT2D eigenvalue weighted by Crippen LogP contribution is 2.33. The highest BCUT2D eigenvalue weighted by Gasteiger charge is 2.27. The third kappa shape index (κ3) is 4.15. The molecule has 0 radical (unpaired) electrons. The van der Waals surface area contributed by atoms with Crippen molar-refractivity contribution in [1.82, 2.24) is 15.2 Å². The molecular formula is C24H25N3O5S. The lowest BCUT2D eigenvalue weighted by atomic mass is 9.96. The Morgan fingerprint density at radius 3 is 2.79 bits per heavy atom. The number of aromatic amines is 1. The molecule has 2 aromatic heterocycles. The van der Waals surface area contributed by atoms with Crippen molar-refractivity contribution in [3.63, 3.8) is 0 Å². The number of furan rings is 1. The summed E-state index contributed by atoms with van der Waals surface area (Å²) in [6.45, 7) is 0. The number of aryl methyl sites for hydroxylation is 3. The van der Waals surface area contributed by atoms with Gasteiger partial charge in [0.15, 0.2) is 0 Å². The number of para-hydroxylation sites is 1. The highest BCUT2D eigenvalue weighted by atomic mass is 32.2. The van der Waals surface area contributed by atoms with Crippen LogP contribution >= 0.6 is 0 Å². The molecule has 33 heavy (non-hydrogen) atoms. The SMILES string of the molecule is O=C(NO)C(CCc1c[nH]c2ccccc12)NS(=O)(=O)c1ccc2c3c(oc2c1)CCCC3. The molecule has 2 aromatic carbocycles. The molecule has 4 aromatic rings. The number of amides is 1. The Kier molecular flexibility index (Phi) is 5.69. The Balaban J connectivity index is 1.38. The lowest BCUT2D eigenvalue weighted by Gasteiger charge is -2.17. The van der Waals surface area contributed by atoms with E-state index in [2.05, 4.69) is 9.71 Å². The molecule has 8 nitrogen and oxygen atoms in total. The zero-order valence-corrected chi connectivity index (χ0v) is 18.7. The van der Waals surface area contributed by atoms with Crippen LogP contribution in [0.1, 0.15) is 36.1 Å². The second-order valence-electron chi connectivity index (χ2n) is 8.42. The smallest absolute Gasteiger partial charge is 0.261 e. The first-order chi connectivity index (χ1) is 16.0. The number of hydrogen-bond donors (Lipinski definition) is 4. The summed E-state index contributed by atoms with van der Waals surface area (Å²) in [5.41, 5.74) is 5.19. The average Bonchev–Trinajstić information content (AvgIpc) is 3.42. The molecule has 4 N–H and O–H groups in total. The van der Waals surface area contributed by atoms with Crippen molar-refractivity contribution >= 4 is 37.8 Å². The number of hydrogen-bond acceptors (Lipinski definition) is 5. The average molecular weight is 468 g/mol. The summed E-state index contributed by atoms with van der Waals surface area (Å²) in [6.07, 6.45) is 6.40. The topological polar surface area (TPSA) is 124 Å². The molecule has 9 heteroatoms. The second-order valence-corrected chi connectivity index (χ2v) is 10.1. The molecule has 0 aliphatic heterocycles. The highest BCUT2D eigenvalue weighted by molar-refractivity contribution is 7.89. The van der Waals surface area contributed by atoms with Crippen LogP contribution in [0.2, 0.25) is 0 Å². The zero-order valence-electron chi connectivity index (χ0n) is 17.9. The van der Waals surface area contributed by atoms with Gasteiger partial charge in [-0.2, -0.15) is 4.72 Å². The van der Waals surface area contributed by atoms with Crippen LogP contribution in [-0.4, -0.2) is 30.6 Å². The minimum atomic E-state index is -4.03. The van der Waals surface area contributed by atoms with E-state index in [1.807, 2.05) is 30.5 Å². The fourth-order valence-corrected chi connectivity index (χ4v) is 5.87. The van der Waals surface area contributed by atoms with Gasteiger partial charge in [0.1, 0.15) is 17.4 Å². The number of benzene rings is 2. The maximum absolute atomic E-state index is 13.1. The van der Waals surface area contributed by atoms with Gasteiger partial charge in [-0.15, -0.1) is 0 Å². The zero-order chi connectivity index (χ0) is 23.0. The van der Waals surface area contributed by atoms with E-state index in [0.29, 0.717) is 12.0 Å². The van der Waals surface area contributed by atoms with Gasteiger partial charge in [-0.25, -0.2) is 13.9 Å². The molecule has 0 bridgehead atoms. The lowest BCUT2D eigenvalue weighted by molar-refractivity contribution is -0.131. The van der Waals surface area contributed by atoms with E-state index < -0.39 is 22.0 Å². The van der Waals surface area contributed by atoms with Gasteiger partial charge in [-0.3, -0.25) is 10.0 Å². The summed E-state index contributed by atoms with van der Waals surface area (Å²) in [7, 11) is -4.03. The number of rotatable bonds is 7. The second kappa shape index (κ2) is 8.66. The number of fused-ring (bicyclic) bond motifs is 4. The van der Waals surface area contributed by atoms with Gasteiger partial charge in [0.25, 0.3) is 5.91 Å². The van der Waals surface area contributed by atoms with E-state index in [9.17, 15) is 18.4 Å². The van der Waals surface area contributed by atoms with Crippen LogP contribution in [0.25, 0.3) is 21.9 Å². The van der Waals surface area contributed by atoms with E-state index in [4.69, 9.17) is 4.42 Å². The van der Waals surface area contributed by atoms with Crippen molar-refractivity contribution < 1.29 is 22.8 Å². The van der Waals surface area contributed by atoms with E-state index in [1.165, 1.54) is 12.1 Å². The van der Waals surface area contributed by atoms with Crippen LogP contribution < -0.4 is 10.2 Å². The molecule has 2 heterocycles. The standard InChI is InChI=1S/C24H25N3O5S/c28-24(26-29)21(12-9-15-14-25-20-7-3-1-5-17(15)20)27-33(30,31)16-10-11-19-18-6-2-4-8-22(18)32-23(19)13-16/h1,3,5,7,10-11,13-14,21,25,27,29H,2,4,6,8-9,12H2,(H,26,28). The Hall–Kier alpha value is -3.14. The molecule has 1 unspecified atom stereocenters. The third-order valence-electron chi connectivity index (χ3n) is 6.34. The van der Waals surface area contributed by atoms with Gasteiger partial charge in [0.2, 0.25) is 10.0 Å². The number of carbonyl (C=O) groups is 1. The van der Waals surface area contributed by atoms with E-state index in [-0.39, 0.29) is 11.3 Å². The number of sulfonamides is 1. The largest absolute Gasteiger partial charge is 0.461 e. The molecule has 5 rings (SSSR count). The van der Waals surface area contributed by atoms with Gasteiger partial charge in [-0.05, 0) is 55.9 Å². The summed E-state index contributed by atoms with van der Waals surface area (Å²) >= 11 is 0. The van der Waals surface area contributed by atoms with Crippen molar-refractivity contribution in [3.8, 4) is 0 Å². The van der Waals surface area contributed by atoms with E-state index in [0.717, 1.165) is 58.9 Å². The minimum Gasteiger partial charge on any atom is -0.461 e. The van der Waals surface area contributed by atoms with Gasteiger partial charge >= 0.3 is 0 Å². The molecule has 0 spiro atoms. The Bertz CT molecular complexity index is 1440. The molecule has 1 amide bonds. The van der Waals surface area contributed by atoms with Crippen LogP contribution in [-0.2, 0) is 34.1 Å². The molecule has 1 atom stereocenters. The van der Waals surface area contributed by atoms with Gasteiger partial charge < -0.3 is 9.40 Å². The van der Waals surface area contributed by atoms with E-state index in [1.54, 1.807) is 11.5 Å². The first-order valence-electron chi connectivity index (χ1n) is 11.0. The van der Waals surface area contributed by atoms with Crippen LogP contribution in [0.3, 0.4) is 0 Å². The summed E-state index contributed by atoms with van der Waals surface area (Å²) in [5, 5.41) is 11.1. The monoisotopic (exact) mass is 467 g/mol. The molecular weight excluding hydrogens is 442 g/mol. The summed E-state index contributed by atoms with van der Waals surface area (Å²) in [6, 6.07) is 11.4. The lowest BCUT2D eigenvalue weighted by Crippen LogP contribution is -2.46. The molecule has 0 fully saturated rings. The quantitative estimate of drug-likeness (QED) is 0.244. The Labute approximate surface area is 191 Å². The molecule has 0 saturated heterocycles. The maximum atomic E-state index is 13.1. The summed E-state index contributed by atoms with van der Waals surface area (Å²) in [4.78, 5) is 15.5. The van der Waals surface area contributed by atoms with E-state index >= 15 is 0 Å². The third-order valence-corrected chi connectivity index (χ3v) is 7.81. The first kappa shape index (κ1) is 21.7. The number of nitrogens with one attached hydrogen (secondary N) is 3. The summed E-state index contributed by atoms with van der Waals surface area (Å²) < 4.78 is 34.6. The number of aromatic nitrogens is 1. The Morgan fingerprint density at radius 1 is 1.12 bits per heavy atom. The maximum Gasteiger partial charge on any atom is 0.261 e. The van der Waals surface area contributed by atoms with Crippen molar-refractivity contribution in [2.24, 2.45) is 0 Å². The fourth-order valence-electron chi connectivity index (χ4n) is 4.63. The van der Waals surface area contributed by atoms with Crippen LogP contribution in [0.4, 0.5) is 0 Å². The molecule has 1 aliphatic rings. The summed E-state index contributed by atoms with van der Waals surface area (Å²) in [5.74, 6) is 0.114. The van der Waals surface area contributed by atoms with Gasteiger partial charge in [-0.1, -0.05) is 18.2 Å². The van der Waals surface area contributed by atoms with Crippen molar-refractivity contribution in [2.75, 3.05) is 0 Å². The molecule has 0 saturated carbocycles. The van der Waals surface area contributed by atoms with Crippen LogP contribution in [0.15, 0.2) is 58.0 Å². The Morgan fingerprint density at radius 2 is 1.94 bits per heavy atom. The predicted octanol–water partition coefficient (Wildman–Crippen LogP) is 3.58. The number of hydroxylamine groups is 1. The molecule has 1 aliphatic carbocycles. The normalized spacial score (nSPS) is 14.9. The number of carbonyl (C=O) groups excluding carboxylic acids is 1. The first-order valence-corrected chi connectivity index (χ1v) is 12.5. The van der Waals surface area contributed by atoms with Gasteiger partial charge in [0.05, 0.1) is 4.90 Å². The number of H-pyrrole nitrogens is 1. The van der Waals surface area contributed by atoms with Crippen molar-refractivity contribution in [2.45, 2.75) is 49.5 Å².